The largest absolute Gasteiger partial charge is 0.452 e. The van der Waals surface area contributed by atoms with Gasteiger partial charge in [0.15, 0.2) is 0 Å². The van der Waals surface area contributed by atoms with Gasteiger partial charge in [0.05, 0.1) is 24.4 Å². The van der Waals surface area contributed by atoms with E-state index in [-0.39, 0.29) is 5.69 Å². The topological polar surface area (TPSA) is 99.5 Å². The maximum atomic E-state index is 11.7. The molecule has 0 unspecified atom stereocenters. The molecule has 0 atom stereocenters. The van der Waals surface area contributed by atoms with Crippen LogP contribution in [0.25, 0.3) is 0 Å². The monoisotopic (exact) mass is 269 g/mol. The quantitative estimate of drug-likeness (QED) is 0.865. The summed E-state index contributed by atoms with van der Waals surface area (Å²) in [5.74, 6) is 0. The number of rotatable bonds is 3. The second kappa shape index (κ2) is 5.37. The lowest BCUT2D eigenvalue weighted by molar-refractivity contribution is 0.177. The Bertz CT molecular complexity index is 591. The van der Waals surface area contributed by atoms with Crippen molar-refractivity contribution in [2.75, 3.05) is 18.5 Å². The van der Waals surface area contributed by atoms with E-state index in [1.54, 1.807) is 4.72 Å². The molecule has 7 nitrogen and oxygen atoms in total. The fourth-order valence-electron chi connectivity index (χ4n) is 1.13. The third kappa shape index (κ3) is 3.11. The average molecular weight is 269 g/mol. The maximum absolute atomic E-state index is 11.7. The molecule has 0 saturated heterocycles. The minimum atomic E-state index is -4.05. The Hall–Kier alpha value is -2.27. The van der Waals surface area contributed by atoms with Crippen molar-refractivity contribution in [3.63, 3.8) is 0 Å². The highest BCUT2D eigenvalue weighted by atomic mass is 32.2. The highest BCUT2D eigenvalue weighted by molar-refractivity contribution is 7.91. The summed E-state index contributed by atoms with van der Waals surface area (Å²) in [5.41, 5.74) is 0.568. The van der Waals surface area contributed by atoms with Crippen LogP contribution in [0.4, 0.5) is 10.5 Å². The number of carbonyl (C=O) groups is 1. The number of nitrogens with zero attached hydrogens (tertiary/aromatic N) is 2. The smallest absolute Gasteiger partial charge is 0.422 e. The van der Waals surface area contributed by atoms with Crippen LogP contribution in [0.5, 0.6) is 0 Å². The molecule has 0 bridgehead atoms. The number of methoxy groups -OCH3 is 1. The van der Waals surface area contributed by atoms with Gasteiger partial charge in [-0.1, -0.05) is 6.07 Å². The summed E-state index contributed by atoms with van der Waals surface area (Å²) in [7, 11) is -1.74. The molecule has 1 rings (SSSR count). The van der Waals surface area contributed by atoms with Crippen molar-refractivity contribution in [2.24, 2.45) is 0 Å². The van der Waals surface area contributed by atoms with Crippen molar-refractivity contribution in [1.29, 1.82) is 5.26 Å². The Morgan fingerprint density at radius 3 is 2.72 bits per heavy atom. The van der Waals surface area contributed by atoms with E-state index < -0.39 is 16.3 Å². The van der Waals surface area contributed by atoms with Gasteiger partial charge in [0, 0.05) is 7.05 Å². The zero-order valence-electron chi connectivity index (χ0n) is 9.75. The van der Waals surface area contributed by atoms with Gasteiger partial charge < -0.3 is 4.74 Å². The standard InChI is InChI=1S/C10H11N3O4S/c1-13(18(15,16)12-10(14)17-2)9-5-3-4-8(6-9)7-11/h3-6H,1-2H3,(H,12,14). The number of anilines is 1. The Morgan fingerprint density at radius 2 is 2.17 bits per heavy atom. The number of amides is 1. The number of ether oxygens (including phenoxy) is 1. The van der Waals surface area contributed by atoms with Crippen LogP contribution in [0.15, 0.2) is 24.3 Å². The molecular formula is C10H11N3O4S. The summed E-state index contributed by atoms with van der Waals surface area (Å²) >= 11 is 0. The molecule has 18 heavy (non-hydrogen) atoms. The molecule has 0 saturated carbocycles. The minimum absolute atomic E-state index is 0.255. The molecule has 0 aliphatic heterocycles. The third-order valence-corrected chi connectivity index (χ3v) is 3.45. The van der Waals surface area contributed by atoms with Crippen molar-refractivity contribution >= 4 is 22.0 Å². The summed E-state index contributed by atoms with van der Waals surface area (Å²) in [4.78, 5) is 10.9. The summed E-state index contributed by atoms with van der Waals surface area (Å²) in [6.07, 6.45) is -1.08. The summed E-state index contributed by atoms with van der Waals surface area (Å²) in [5, 5.41) is 8.72. The second-order valence-corrected chi connectivity index (χ2v) is 4.93. The number of hydrogen-bond donors (Lipinski definition) is 1. The van der Waals surface area contributed by atoms with E-state index in [9.17, 15) is 13.2 Å². The van der Waals surface area contributed by atoms with Crippen LogP contribution in [-0.2, 0) is 14.9 Å². The third-order valence-electron chi connectivity index (χ3n) is 2.10. The molecule has 0 spiro atoms. The highest BCUT2D eigenvalue weighted by Crippen LogP contribution is 2.16. The van der Waals surface area contributed by atoms with Gasteiger partial charge in [0.25, 0.3) is 0 Å². The van der Waals surface area contributed by atoms with Crippen LogP contribution in [-0.4, -0.2) is 28.7 Å². The Labute approximate surface area is 105 Å². The van der Waals surface area contributed by atoms with Gasteiger partial charge in [0.2, 0.25) is 0 Å². The Balaban J connectivity index is 3.02. The summed E-state index contributed by atoms with van der Waals surface area (Å²) in [6.45, 7) is 0. The first-order valence-corrected chi connectivity index (χ1v) is 6.19. The van der Waals surface area contributed by atoms with Crippen molar-refractivity contribution in [1.82, 2.24) is 4.72 Å². The number of carbonyl (C=O) groups excluding carboxylic acids is 1. The van der Waals surface area contributed by atoms with Gasteiger partial charge in [-0.3, -0.25) is 4.31 Å². The molecule has 0 heterocycles. The predicted octanol–water partition coefficient (Wildman–Crippen LogP) is 0.595. The Kier molecular flexibility index (Phi) is 4.12. The van der Waals surface area contributed by atoms with E-state index in [1.807, 2.05) is 6.07 Å². The van der Waals surface area contributed by atoms with Crippen LogP contribution >= 0.6 is 0 Å². The van der Waals surface area contributed by atoms with E-state index in [0.29, 0.717) is 5.56 Å². The molecule has 1 aromatic rings. The summed E-state index contributed by atoms with van der Waals surface area (Å²) in [6, 6.07) is 7.85. The van der Waals surface area contributed by atoms with E-state index >= 15 is 0 Å². The number of nitriles is 1. The fourth-order valence-corrected chi connectivity index (χ4v) is 1.95. The molecule has 0 aromatic heterocycles. The van der Waals surface area contributed by atoms with Crippen molar-refractivity contribution in [2.45, 2.75) is 0 Å². The highest BCUT2D eigenvalue weighted by Gasteiger charge is 2.21. The first kappa shape index (κ1) is 13.8. The van der Waals surface area contributed by atoms with E-state index in [0.717, 1.165) is 11.4 Å². The van der Waals surface area contributed by atoms with Crippen LogP contribution in [0.2, 0.25) is 0 Å². The van der Waals surface area contributed by atoms with Crippen LogP contribution in [0.3, 0.4) is 0 Å². The molecule has 0 aliphatic carbocycles. The van der Waals surface area contributed by atoms with Crippen molar-refractivity contribution in [3.8, 4) is 6.07 Å². The molecule has 8 heteroatoms. The maximum Gasteiger partial charge on any atom is 0.422 e. The molecule has 0 fully saturated rings. The predicted molar refractivity (Wildman–Crippen MR) is 64.0 cm³/mol. The zero-order chi connectivity index (χ0) is 13.8. The van der Waals surface area contributed by atoms with E-state index in [4.69, 9.17) is 5.26 Å². The lowest BCUT2D eigenvalue weighted by Crippen LogP contribution is -2.41. The first-order chi connectivity index (χ1) is 8.40. The van der Waals surface area contributed by atoms with Crippen LogP contribution in [0.1, 0.15) is 5.56 Å². The SMILES string of the molecule is COC(=O)NS(=O)(=O)N(C)c1cccc(C#N)c1. The fraction of sp³-hybridized carbons (Fsp3) is 0.200. The molecule has 1 N–H and O–H groups in total. The van der Waals surface area contributed by atoms with E-state index in [2.05, 4.69) is 4.74 Å². The van der Waals surface area contributed by atoms with Gasteiger partial charge in [-0.15, -0.1) is 0 Å². The molecular weight excluding hydrogens is 258 g/mol. The normalized spacial score (nSPS) is 10.3. The van der Waals surface area contributed by atoms with Crippen molar-refractivity contribution < 1.29 is 17.9 Å². The summed E-state index contributed by atoms with van der Waals surface area (Å²) < 4.78 is 30.2. The van der Waals surface area contributed by atoms with Gasteiger partial charge in [-0.25, -0.2) is 9.52 Å². The van der Waals surface area contributed by atoms with Crippen LogP contribution in [0, 0.1) is 11.3 Å². The number of hydrogen-bond acceptors (Lipinski definition) is 5. The first-order valence-electron chi connectivity index (χ1n) is 4.75. The van der Waals surface area contributed by atoms with Gasteiger partial charge in [-0.2, -0.15) is 13.7 Å². The molecule has 1 amide bonds. The molecule has 96 valence electrons. The number of nitrogens with one attached hydrogen (secondary N) is 1. The lowest BCUT2D eigenvalue weighted by atomic mass is 10.2. The lowest BCUT2D eigenvalue weighted by Gasteiger charge is -2.19. The number of benzene rings is 1. The van der Waals surface area contributed by atoms with Crippen molar-refractivity contribution in [3.05, 3.63) is 29.8 Å². The second-order valence-electron chi connectivity index (χ2n) is 3.23. The van der Waals surface area contributed by atoms with Gasteiger partial charge in [0.1, 0.15) is 0 Å². The molecule has 1 aromatic carbocycles. The Morgan fingerprint density at radius 1 is 1.50 bits per heavy atom. The minimum Gasteiger partial charge on any atom is -0.452 e. The van der Waals surface area contributed by atoms with Gasteiger partial charge in [-0.05, 0) is 18.2 Å². The van der Waals surface area contributed by atoms with Crippen LogP contribution < -0.4 is 9.03 Å². The van der Waals surface area contributed by atoms with Gasteiger partial charge >= 0.3 is 16.3 Å². The van der Waals surface area contributed by atoms with E-state index in [1.165, 1.54) is 31.3 Å². The molecule has 0 aliphatic rings. The molecule has 0 radical (unpaired) electrons. The average Bonchev–Trinajstić information content (AvgIpc) is 2.37. The zero-order valence-corrected chi connectivity index (χ0v) is 10.6.